The number of para-hydroxylation sites is 2. The van der Waals surface area contributed by atoms with Crippen molar-refractivity contribution in [2.45, 2.75) is 45.0 Å². The zero-order chi connectivity index (χ0) is 25.5. The molecule has 0 radical (unpaired) electrons. The Labute approximate surface area is 193 Å². The van der Waals surface area contributed by atoms with E-state index in [1.807, 2.05) is 0 Å². The van der Waals surface area contributed by atoms with Gasteiger partial charge in [0.1, 0.15) is 17.4 Å². The largest absolute Gasteiger partial charge is 0.454 e. The second kappa shape index (κ2) is 10.9. The van der Waals surface area contributed by atoms with Gasteiger partial charge in [-0.05, 0) is 39.0 Å². The summed E-state index contributed by atoms with van der Waals surface area (Å²) >= 11 is 0. The standard InChI is InChI=1S/C22H23F3N2O7/c1-21(2,3)34-20(29)26-16(19(28)32-13-22(23,24)25)12-14-8-7-11-17(18(14)27(30)31)33-15-9-5-4-6-10-15/h4-11,16H,12-13H2,1-3H3,(H,26,29)/t16-/m0/s1. The maximum Gasteiger partial charge on any atom is 0.422 e. The number of halogens is 3. The van der Waals surface area contributed by atoms with E-state index in [9.17, 15) is 32.9 Å². The molecule has 1 N–H and O–H groups in total. The first-order valence-electron chi connectivity index (χ1n) is 9.97. The molecule has 0 aliphatic rings. The van der Waals surface area contributed by atoms with Gasteiger partial charge in [-0.25, -0.2) is 9.59 Å². The van der Waals surface area contributed by atoms with Crippen molar-refractivity contribution in [3.63, 3.8) is 0 Å². The summed E-state index contributed by atoms with van der Waals surface area (Å²) in [5, 5.41) is 13.9. The summed E-state index contributed by atoms with van der Waals surface area (Å²) in [6, 6.07) is 10.5. The molecule has 0 spiro atoms. The Morgan fingerprint density at radius 2 is 1.71 bits per heavy atom. The minimum Gasteiger partial charge on any atom is -0.454 e. The van der Waals surface area contributed by atoms with Crippen molar-refractivity contribution in [3.05, 3.63) is 64.2 Å². The van der Waals surface area contributed by atoms with Gasteiger partial charge in [0.2, 0.25) is 5.75 Å². The third kappa shape index (κ3) is 8.60. The molecular formula is C22H23F3N2O7. The van der Waals surface area contributed by atoms with Crippen LogP contribution in [-0.2, 0) is 20.7 Å². The van der Waals surface area contributed by atoms with Gasteiger partial charge in [-0.1, -0.05) is 30.3 Å². The predicted octanol–water partition coefficient (Wildman–Crippen LogP) is 4.93. The van der Waals surface area contributed by atoms with Crippen molar-refractivity contribution in [2.75, 3.05) is 6.61 Å². The van der Waals surface area contributed by atoms with Gasteiger partial charge in [-0.3, -0.25) is 10.1 Å². The Morgan fingerprint density at radius 3 is 2.26 bits per heavy atom. The predicted molar refractivity (Wildman–Crippen MR) is 113 cm³/mol. The van der Waals surface area contributed by atoms with Crippen molar-refractivity contribution in [3.8, 4) is 11.5 Å². The zero-order valence-electron chi connectivity index (χ0n) is 18.5. The number of hydrogen-bond acceptors (Lipinski definition) is 7. The highest BCUT2D eigenvalue weighted by molar-refractivity contribution is 5.82. The van der Waals surface area contributed by atoms with Crippen LogP contribution in [-0.4, -0.2) is 41.4 Å². The number of alkyl carbamates (subject to hydrolysis) is 1. The van der Waals surface area contributed by atoms with E-state index in [0.29, 0.717) is 5.75 Å². The van der Waals surface area contributed by atoms with Crippen molar-refractivity contribution in [1.82, 2.24) is 5.32 Å². The normalized spacial score (nSPS) is 12.4. The van der Waals surface area contributed by atoms with Crippen LogP contribution in [0.4, 0.5) is 23.7 Å². The highest BCUT2D eigenvalue weighted by Crippen LogP contribution is 2.35. The number of alkyl halides is 3. The summed E-state index contributed by atoms with van der Waals surface area (Å²) in [4.78, 5) is 35.6. The highest BCUT2D eigenvalue weighted by atomic mass is 19.4. The second-order valence-corrected chi connectivity index (χ2v) is 8.06. The lowest BCUT2D eigenvalue weighted by molar-refractivity contribution is -0.386. The first kappa shape index (κ1) is 26.4. The SMILES string of the molecule is CC(C)(C)OC(=O)N[C@@H](Cc1cccc(Oc2ccccc2)c1[N+](=O)[O-])C(=O)OCC(F)(F)F. The molecule has 1 atom stereocenters. The van der Waals surface area contributed by atoms with Crippen molar-refractivity contribution < 1.29 is 41.9 Å². The van der Waals surface area contributed by atoms with E-state index in [4.69, 9.17) is 9.47 Å². The van der Waals surface area contributed by atoms with E-state index in [1.165, 1.54) is 18.2 Å². The van der Waals surface area contributed by atoms with E-state index in [1.54, 1.807) is 51.1 Å². The number of nitrogens with zero attached hydrogens (tertiary/aromatic N) is 1. The Morgan fingerprint density at radius 1 is 1.06 bits per heavy atom. The Hall–Kier alpha value is -3.83. The molecule has 2 aromatic carbocycles. The summed E-state index contributed by atoms with van der Waals surface area (Å²) in [5.74, 6) is -1.30. The van der Waals surface area contributed by atoms with Gasteiger partial charge in [0.15, 0.2) is 6.61 Å². The monoisotopic (exact) mass is 484 g/mol. The number of benzene rings is 2. The molecule has 0 aromatic heterocycles. The molecule has 0 fully saturated rings. The van der Waals surface area contributed by atoms with Gasteiger partial charge in [0, 0.05) is 12.0 Å². The molecule has 0 saturated carbocycles. The summed E-state index contributed by atoms with van der Waals surface area (Å²) in [5.41, 5.74) is -1.57. The van der Waals surface area contributed by atoms with Crippen LogP contribution in [0.1, 0.15) is 26.3 Å². The lowest BCUT2D eigenvalue weighted by Gasteiger charge is -2.23. The molecule has 0 aliphatic heterocycles. The number of ether oxygens (including phenoxy) is 3. The van der Waals surface area contributed by atoms with Gasteiger partial charge < -0.3 is 19.5 Å². The Balaban J connectivity index is 2.36. The molecule has 0 unspecified atom stereocenters. The molecule has 0 saturated heterocycles. The smallest absolute Gasteiger partial charge is 0.422 e. The topological polar surface area (TPSA) is 117 Å². The summed E-state index contributed by atoms with van der Waals surface area (Å²) < 4.78 is 52.5. The number of amides is 1. The van der Waals surface area contributed by atoms with Crippen LogP contribution in [0.2, 0.25) is 0 Å². The number of hydrogen-bond donors (Lipinski definition) is 1. The van der Waals surface area contributed by atoms with E-state index in [0.717, 1.165) is 0 Å². The maximum atomic E-state index is 12.5. The lowest BCUT2D eigenvalue weighted by atomic mass is 10.0. The number of nitro groups is 1. The van der Waals surface area contributed by atoms with Crippen molar-refractivity contribution in [1.29, 1.82) is 0 Å². The van der Waals surface area contributed by atoms with E-state index >= 15 is 0 Å². The van der Waals surface area contributed by atoms with Crippen molar-refractivity contribution >= 4 is 17.7 Å². The van der Waals surface area contributed by atoms with Gasteiger partial charge in [0.25, 0.3) is 0 Å². The quantitative estimate of drug-likeness (QED) is 0.321. The van der Waals surface area contributed by atoms with E-state index in [-0.39, 0.29) is 11.3 Å². The van der Waals surface area contributed by atoms with Crippen LogP contribution in [0, 0.1) is 10.1 Å². The van der Waals surface area contributed by atoms with Crippen LogP contribution in [0.3, 0.4) is 0 Å². The summed E-state index contributed by atoms with van der Waals surface area (Å²) in [7, 11) is 0. The Bertz CT molecular complexity index is 1020. The third-order valence-electron chi connectivity index (χ3n) is 4.01. The Kier molecular flexibility index (Phi) is 8.44. The van der Waals surface area contributed by atoms with Crippen LogP contribution in [0.5, 0.6) is 11.5 Å². The number of carbonyl (C=O) groups is 2. The fourth-order valence-corrected chi connectivity index (χ4v) is 2.75. The van der Waals surface area contributed by atoms with Gasteiger partial charge >= 0.3 is 23.9 Å². The van der Waals surface area contributed by atoms with Crippen molar-refractivity contribution in [2.24, 2.45) is 0 Å². The zero-order valence-corrected chi connectivity index (χ0v) is 18.5. The number of nitro benzene ring substituents is 1. The fourth-order valence-electron chi connectivity index (χ4n) is 2.75. The molecule has 2 aromatic rings. The summed E-state index contributed by atoms with van der Waals surface area (Å²) in [6.45, 7) is 2.73. The molecular weight excluding hydrogens is 461 g/mol. The molecule has 0 aliphatic carbocycles. The third-order valence-corrected chi connectivity index (χ3v) is 4.01. The lowest BCUT2D eigenvalue weighted by Crippen LogP contribution is -2.46. The van der Waals surface area contributed by atoms with Gasteiger partial charge in [0.05, 0.1) is 4.92 Å². The molecule has 0 heterocycles. The number of esters is 1. The van der Waals surface area contributed by atoms with Crippen LogP contribution >= 0.6 is 0 Å². The molecule has 9 nitrogen and oxygen atoms in total. The molecule has 0 bridgehead atoms. The molecule has 2 rings (SSSR count). The highest BCUT2D eigenvalue weighted by Gasteiger charge is 2.34. The van der Waals surface area contributed by atoms with E-state index in [2.05, 4.69) is 10.1 Å². The van der Waals surface area contributed by atoms with E-state index < -0.39 is 53.5 Å². The minimum absolute atomic E-state index is 0.0801. The fraction of sp³-hybridized carbons (Fsp3) is 0.364. The van der Waals surface area contributed by atoms with Gasteiger partial charge in [-0.15, -0.1) is 0 Å². The molecule has 12 heteroatoms. The average molecular weight is 484 g/mol. The number of carbonyl (C=O) groups excluding carboxylic acids is 2. The first-order valence-corrected chi connectivity index (χ1v) is 9.97. The summed E-state index contributed by atoms with van der Waals surface area (Å²) in [6.07, 6.45) is -6.47. The average Bonchev–Trinajstić information content (AvgIpc) is 2.70. The number of rotatable bonds is 8. The van der Waals surface area contributed by atoms with Crippen LogP contribution in [0.15, 0.2) is 48.5 Å². The first-order chi connectivity index (χ1) is 15.7. The minimum atomic E-state index is -4.80. The second-order valence-electron chi connectivity index (χ2n) is 8.06. The molecule has 1 amide bonds. The molecule has 34 heavy (non-hydrogen) atoms. The van der Waals surface area contributed by atoms with Gasteiger partial charge in [-0.2, -0.15) is 13.2 Å². The van der Waals surface area contributed by atoms with Crippen LogP contribution in [0.25, 0.3) is 0 Å². The van der Waals surface area contributed by atoms with Crippen LogP contribution < -0.4 is 10.1 Å². The molecule has 184 valence electrons. The maximum absolute atomic E-state index is 12.5. The number of nitrogens with one attached hydrogen (secondary N) is 1.